The quantitative estimate of drug-likeness (QED) is 0.363. The summed E-state index contributed by atoms with van der Waals surface area (Å²) < 4.78 is 23.4. The number of hydrogen-bond donors (Lipinski definition) is 1. The van der Waals surface area contributed by atoms with Gasteiger partial charge in [-0.05, 0) is 48.5 Å². The van der Waals surface area contributed by atoms with Gasteiger partial charge in [0.25, 0.3) is 0 Å². The van der Waals surface area contributed by atoms with Gasteiger partial charge in [0, 0.05) is 11.8 Å². The summed E-state index contributed by atoms with van der Waals surface area (Å²) in [6.45, 7) is 0.179. The number of thioether (sulfide) groups is 1. The number of ether oxygens (including phenoxy) is 4. The number of rotatable bonds is 8. The molecule has 1 N–H and O–H groups in total. The molecule has 3 aromatic carbocycles. The summed E-state index contributed by atoms with van der Waals surface area (Å²) in [5.74, 6) is 3.23. The highest BCUT2D eigenvalue weighted by atomic mass is 32.2. The van der Waals surface area contributed by atoms with Crippen LogP contribution in [0.25, 0.3) is 17.1 Å². The molecule has 0 fully saturated rings. The molecule has 0 bridgehead atoms. The highest BCUT2D eigenvalue weighted by Gasteiger charge is 2.20. The molecule has 0 radical (unpaired) electrons. The van der Waals surface area contributed by atoms with Crippen molar-refractivity contribution in [1.82, 2.24) is 14.8 Å². The molecule has 0 saturated heterocycles. The maximum absolute atomic E-state index is 12.7. The van der Waals surface area contributed by atoms with Gasteiger partial charge in [0.05, 0.1) is 31.2 Å². The SMILES string of the molecule is COc1ccc(-n2c(SCC(=O)Nc3ccc4c(c3)OCO4)nnc2-c2ccccc2OC)cc1. The average molecular weight is 491 g/mol. The topological polar surface area (TPSA) is 96.7 Å². The third-order valence-electron chi connectivity index (χ3n) is 5.30. The first-order valence-corrected chi connectivity index (χ1v) is 11.7. The molecule has 1 amide bonds. The van der Waals surface area contributed by atoms with Crippen molar-refractivity contribution in [3.63, 3.8) is 0 Å². The molecule has 0 saturated carbocycles. The number of para-hydroxylation sites is 1. The number of amides is 1. The van der Waals surface area contributed by atoms with E-state index in [0.29, 0.717) is 33.9 Å². The molecular weight excluding hydrogens is 468 g/mol. The smallest absolute Gasteiger partial charge is 0.234 e. The van der Waals surface area contributed by atoms with Crippen molar-refractivity contribution in [2.45, 2.75) is 5.16 Å². The van der Waals surface area contributed by atoms with Gasteiger partial charge in [0.2, 0.25) is 12.7 Å². The lowest BCUT2D eigenvalue weighted by molar-refractivity contribution is -0.113. The molecule has 0 aliphatic carbocycles. The van der Waals surface area contributed by atoms with Crippen LogP contribution in [0.2, 0.25) is 0 Å². The number of aromatic nitrogens is 3. The highest BCUT2D eigenvalue weighted by Crippen LogP contribution is 2.35. The number of anilines is 1. The van der Waals surface area contributed by atoms with E-state index in [1.807, 2.05) is 53.1 Å². The molecule has 10 heteroatoms. The van der Waals surface area contributed by atoms with Crippen LogP contribution in [0.4, 0.5) is 5.69 Å². The first-order valence-electron chi connectivity index (χ1n) is 10.7. The van der Waals surface area contributed by atoms with Crippen LogP contribution in [0.15, 0.2) is 71.9 Å². The minimum absolute atomic E-state index is 0.134. The molecule has 1 aliphatic rings. The molecule has 0 spiro atoms. The predicted molar refractivity (Wildman–Crippen MR) is 132 cm³/mol. The van der Waals surface area contributed by atoms with E-state index in [1.54, 1.807) is 32.4 Å². The second kappa shape index (κ2) is 9.98. The van der Waals surface area contributed by atoms with Gasteiger partial charge in [-0.3, -0.25) is 9.36 Å². The standard InChI is InChI=1S/C25H22N4O5S/c1-31-18-10-8-17(9-11-18)29-24(19-5-3-4-6-20(19)32-2)27-28-25(29)35-14-23(30)26-16-7-12-21-22(13-16)34-15-33-21/h3-13H,14-15H2,1-2H3,(H,26,30). The number of nitrogens with one attached hydrogen (secondary N) is 1. The minimum atomic E-state index is -0.183. The number of carbonyl (C=O) groups excluding carboxylic acids is 1. The first kappa shape index (κ1) is 22.6. The van der Waals surface area contributed by atoms with Crippen LogP contribution in [0.1, 0.15) is 0 Å². The lowest BCUT2D eigenvalue weighted by Crippen LogP contribution is -2.14. The fraction of sp³-hybridized carbons (Fsp3) is 0.160. The van der Waals surface area contributed by atoms with Crippen molar-refractivity contribution in [2.75, 3.05) is 32.1 Å². The van der Waals surface area contributed by atoms with Crippen LogP contribution >= 0.6 is 11.8 Å². The molecule has 1 aromatic heterocycles. The lowest BCUT2D eigenvalue weighted by atomic mass is 10.2. The summed E-state index contributed by atoms with van der Waals surface area (Å²) in [5.41, 5.74) is 2.25. The summed E-state index contributed by atoms with van der Waals surface area (Å²) in [7, 11) is 3.23. The van der Waals surface area contributed by atoms with Crippen LogP contribution in [0.5, 0.6) is 23.0 Å². The van der Waals surface area contributed by atoms with Gasteiger partial charge in [-0.2, -0.15) is 0 Å². The number of methoxy groups -OCH3 is 2. The Hall–Kier alpha value is -4.18. The van der Waals surface area contributed by atoms with Crippen molar-refractivity contribution >= 4 is 23.4 Å². The van der Waals surface area contributed by atoms with Crippen LogP contribution < -0.4 is 24.3 Å². The average Bonchev–Trinajstić information content (AvgIpc) is 3.54. The monoisotopic (exact) mass is 490 g/mol. The second-order valence-corrected chi connectivity index (χ2v) is 8.39. The van der Waals surface area contributed by atoms with Crippen molar-refractivity contribution in [1.29, 1.82) is 0 Å². The highest BCUT2D eigenvalue weighted by molar-refractivity contribution is 7.99. The third-order valence-corrected chi connectivity index (χ3v) is 6.23. The molecular formula is C25H22N4O5S. The van der Waals surface area contributed by atoms with E-state index in [4.69, 9.17) is 18.9 Å². The van der Waals surface area contributed by atoms with Gasteiger partial charge >= 0.3 is 0 Å². The van der Waals surface area contributed by atoms with Gasteiger partial charge in [-0.1, -0.05) is 23.9 Å². The van der Waals surface area contributed by atoms with Gasteiger partial charge in [0.1, 0.15) is 11.5 Å². The number of benzene rings is 3. The van der Waals surface area contributed by atoms with Crippen molar-refractivity contribution in [3.05, 3.63) is 66.7 Å². The Morgan fingerprint density at radius 2 is 1.80 bits per heavy atom. The molecule has 35 heavy (non-hydrogen) atoms. The van der Waals surface area contributed by atoms with Crippen molar-refractivity contribution in [3.8, 4) is 40.1 Å². The molecule has 2 heterocycles. The molecule has 9 nitrogen and oxygen atoms in total. The Morgan fingerprint density at radius 1 is 1.00 bits per heavy atom. The normalized spacial score (nSPS) is 11.8. The third kappa shape index (κ3) is 4.73. The van der Waals surface area contributed by atoms with E-state index >= 15 is 0 Å². The Balaban J connectivity index is 1.41. The zero-order valence-electron chi connectivity index (χ0n) is 19.1. The van der Waals surface area contributed by atoms with E-state index in [-0.39, 0.29) is 18.5 Å². The maximum atomic E-state index is 12.7. The Labute approximate surface area is 206 Å². The molecule has 0 unspecified atom stereocenters. The Morgan fingerprint density at radius 3 is 2.60 bits per heavy atom. The number of fused-ring (bicyclic) bond motifs is 1. The summed E-state index contributed by atoms with van der Waals surface area (Å²) in [6.07, 6.45) is 0. The summed E-state index contributed by atoms with van der Waals surface area (Å²) in [5, 5.41) is 12.3. The van der Waals surface area contributed by atoms with Gasteiger partial charge in [0.15, 0.2) is 22.5 Å². The van der Waals surface area contributed by atoms with Gasteiger partial charge in [-0.15, -0.1) is 10.2 Å². The zero-order chi connectivity index (χ0) is 24.2. The fourth-order valence-electron chi connectivity index (χ4n) is 3.63. The largest absolute Gasteiger partial charge is 0.497 e. The molecule has 5 rings (SSSR count). The van der Waals surface area contributed by atoms with Gasteiger partial charge < -0.3 is 24.3 Å². The van der Waals surface area contributed by atoms with Crippen LogP contribution in [0.3, 0.4) is 0 Å². The van der Waals surface area contributed by atoms with Crippen molar-refractivity contribution in [2.24, 2.45) is 0 Å². The van der Waals surface area contributed by atoms with E-state index in [9.17, 15) is 4.79 Å². The summed E-state index contributed by atoms with van der Waals surface area (Å²) in [6, 6.07) is 20.4. The van der Waals surface area contributed by atoms with Crippen LogP contribution in [0, 0.1) is 0 Å². The number of carbonyl (C=O) groups is 1. The van der Waals surface area contributed by atoms with E-state index in [0.717, 1.165) is 17.0 Å². The number of nitrogens with zero attached hydrogens (tertiary/aromatic N) is 3. The van der Waals surface area contributed by atoms with E-state index in [1.165, 1.54) is 11.8 Å². The fourth-order valence-corrected chi connectivity index (χ4v) is 4.38. The summed E-state index contributed by atoms with van der Waals surface area (Å²) in [4.78, 5) is 12.7. The molecule has 0 atom stereocenters. The second-order valence-electron chi connectivity index (χ2n) is 7.44. The first-order chi connectivity index (χ1) is 17.2. The predicted octanol–water partition coefficient (Wildman–Crippen LogP) is 4.41. The molecule has 178 valence electrons. The maximum Gasteiger partial charge on any atom is 0.234 e. The summed E-state index contributed by atoms with van der Waals surface area (Å²) >= 11 is 1.28. The molecule has 1 aliphatic heterocycles. The Bertz CT molecular complexity index is 1360. The number of hydrogen-bond acceptors (Lipinski definition) is 8. The zero-order valence-corrected chi connectivity index (χ0v) is 19.9. The Kier molecular flexibility index (Phi) is 6.44. The van der Waals surface area contributed by atoms with E-state index in [2.05, 4.69) is 15.5 Å². The van der Waals surface area contributed by atoms with E-state index < -0.39 is 0 Å². The minimum Gasteiger partial charge on any atom is -0.497 e. The lowest BCUT2D eigenvalue weighted by Gasteiger charge is -2.13. The molecule has 4 aromatic rings. The van der Waals surface area contributed by atoms with Gasteiger partial charge in [-0.25, -0.2) is 0 Å². The van der Waals surface area contributed by atoms with Crippen molar-refractivity contribution < 1.29 is 23.7 Å². The van der Waals surface area contributed by atoms with Crippen LogP contribution in [-0.2, 0) is 4.79 Å². The van der Waals surface area contributed by atoms with Crippen LogP contribution in [-0.4, -0.2) is 47.4 Å².